The zero-order valence-electron chi connectivity index (χ0n) is 21.0. The van der Waals surface area contributed by atoms with Gasteiger partial charge in [-0.2, -0.15) is 13.2 Å². The third-order valence-corrected chi connectivity index (χ3v) is 8.61. The zero-order chi connectivity index (χ0) is 30.9. The molecule has 1 aliphatic heterocycles. The van der Waals surface area contributed by atoms with E-state index in [1.54, 1.807) is 27.9 Å². The van der Waals surface area contributed by atoms with Crippen molar-refractivity contribution in [2.45, 2.75) is 47.6 Å². The molecule has 2 N–H and O–H groups in total. The highest BCUT2D eigenvalue weighted by Crippen LogP contribution is 2.52. The average Bonchev–Trinajstić information content (AvgIpc) is 3.55. The SMILES string of the molecule is CC1[C@@H](C(=O)O)OC(=O)N1c1ccc2c(=O)c(C(=O)N[C@@H](C(F)(F)F)C3(I)CC3)cn(-c3c(F)cc(F)cc3F)c2n1. The summed E-state index contributed by atoms with van der Waals surface area (Å²) in [7, 11) is 0. The number of rotatable bonds is 6. The number of carbonyl (C=O) groups excluding carboxylic acids is 2. The van der Waals surface area contributed by atoms with Crippen molar-refractivity contribution < 1.29 is 50.6 Å². The van der Waals surface area contributed by atoms with E-state index < -0.39 is 90.9 Å². The predicted octanol–water partition coefficient (Wildman–Crippen LogP) is 4.23. The van der Waals surface area contributed by atoms with Gasteiger partial charge in [0.05, 0.1) is 14.8 Å². The van der Waals surface area contributed by atoms with Gasteiger partial charge in [0.15, 0.2) is 17.3 Å². The fourth-order valence-electron chi connectivity index (χ4n) is 4.67. The molecule has 2 fully saturated rings. The van der Waals surface area contributed by atoms with Gasteiger partial charge in [0.25, 0.3) is 5.91 Å². The van der Waals surface area contributed by atoms with Gasteiger partial charge >= 0.3 is 18.2 Å². The average molecular weight is 710 g/mol. The molecular weight excluding hydrogens is 693 g/mol. The van der Waals surface area contributed by atoms with Crippen LogP contribution in [0.5, 0.6) is 0 Å². The van der Waals surface area contributed by atoms with Gasteiger partial charge in [0.1, 0.15) is 28.9 Å². The van der Waals surface area contributed by atoms with E-state index in [2.05, 4.69) is 4.98 Å². The van der Waals surface area contributed by atoms with Gasteiger partial charge in [0.2, 0.25) is 11.5 Å². The Bertz CT molecular complexity index is 1700. The maximum Gasteiger partial charge on any atom is 0.416 e. The van der Waals surface area contributed by atoms with Crippen LogP contribution in [0.2, 0.25) is 0 Å². The standard InChI is InChI=1S/C25H17F6IN4O6/c1-9-18(21(39)40)42-23(41)36(9)15-3-2-11-17(37)12(20(38)34-22(25(29,30)31)24(32)4-5-24)8-35(19(11)33-15)16-13(27)6-10(26)7-14(16)28/h2-3,6-9,18,22H,4-5H2,1H3,(H,34,38)(H,39,40)/t9?,18-,22+/m0/s1. The number of fused-ring (bicyclic) bond motifs is 1. The Morgan fingerprint density at radius 2 is 1.79 bits per heavy atom. The van der Waals surface area contributed by atoms with Crippen molar-refractivity contribution in [1.29, 1.82) is 0 Å². The first-order valence-electron chi connectivity index (χ1n) is 12.0. The number of hydrogen-bond donors (Lipinski definition) is 2. The molecule has 3 heterocycles. The molecule has 1 aliphatic carbocycles. The summed E-state index contributed by atoms with van der Waals surface area (Å²) in [5.74, 6) is -7.65. The van der Waals surface area contributed by atoms with E-state index in [9.17, 15) is 50.6 Å². The molecule has 17 heteroatoms. The van der Waals surface area contributed by atoms with Gasteiger partial charge in [-0.25, -0.2) is 27.7 Å². The number of pyridine rings is 2. The molecule has 42 heavy (non-hydrogen) atoms. The van der Waals surface area contributed by atoms with Crippen molar-refractivity contribution in [2.75, 3.05) is 4.90 Å². The number of hydrogen-bond acceptors (Lipinski definition) is 6. The summed E-state index contributed by atoms with van der Waals surface area (Å²) < 4.78 is 88.9. The minimum Gasteiger partial charge on any atom is -0.478 e. The number of carbonyl (C=O) groups is 3. The molecule has 1 saturated heterocycles. The van der Waals surface area contributed by atoms with Gasteiger partial charge in [-0.3, -0.25) is 19.1 Å². The molecule has 2 aliphatic rings. The highest BCUT2D eigenvalue weighted by Gasteiger charge is 2.59. The number of anilines is 1. The molecule has 1 aromatic carbocycles. The molecule has 1 unspecified atom stereocenters. The highest BCUT2D eigenvalue weighted by atomic mass is 127. The van der Waals surface area contributed by atoms with E-state index in [1.165, 1.54) is 6.92 Å². The normalized spacial score (nSPS) is 20.4. The Labute approximate surface area is 244 Å². The number of carboxylic acid groups (broad SMARTS) is 1. The topological polar surface area (TPSA) is 131 Å². The second kappa shape index (κ2) is 10.1. The quantitative estimate of drug-likeness (QED) is 0.223. The van der Waals surface area contributed by atoms with E-state index in [4.69, 9.17) is 4.74 Å². The molecule has 0 radical (unpaired) electrons. The lowest BCUT2D eigenvalue weighted by atomic mass is 10.1. The lowest BCUT2D eigenvalue weighted by Gasteiger charge is -2.26. The van der Waals surface area contributed by atoms with E-state index in [0.29, 0.717) is 10.8 Å². The summed E-state index contributed by atoms with van der Waals surface area (Å²) in [5, 5.41) is 10.6. The monoisotopic (exact) mass is 710 g/mol. The van der Waals surface area contributed by atoms with Crippen LogP contribution >= 0.6 is 22.6 Å². The number of nitrogens with one attached hydrogen (secondary N) is 1. The second-order valence-corrected chi connectivity index (χ2v) is 11.9. The van der Waals surface area contributed by atoms with Gasteiger partial charge in [-0.1, -0.05) is 22.6 Å². The van der Waals surface area contributed by atoms with Gasteiger partial charge in [-0.15, -0.1) is 0 Å². The minimum atomic E-state index is -4.89. The maximum atomic E-state index is 14.9. The molecule has 10 nitrogen and oxygen atoms in total. The number of halogens is 7. The van der Waals surface area contributed by atoms with Crippen molar-refractivity contribution in [3.8, 4) is 5.69 Å². The Balaban J connectivity index is 1.71. The number of benzene rings is 1. The fraction of sp³-hybridized carbons (Fsp3) is 0.320. The summed E-state index contributed by atoms with van der Waals surface area (Å²) in [4.78, 5) is 55.2. The van der Waals surface area contributed by atoms with Crippen LogP contribution in [0.15, 0.2) is 35.3 Å². The van der Waals surface area contributed by atoms with Crippen LogP contribution < -0.4 is 15.6 Å². The van der Waals surface area contributed by atoms with Crippen LogP contribution in [0.25, 0.3) is 16.7 Å². The molecule has 222 valence electrons. The number of amides is 2. The second-order valence-electron chi connectivity index (χ2n) is 9.74. The van der Waals surface area contributed by atoms with Crippen LogP contribution in [0, 0.1) is 17.5 Å². The first-order valence-corrected chi connectivity index (χ1v) is 13.1. The van der Waals surface area contributed by atoms with E-state index >= 15 is 0 Å². The Morgan fingerprint density at radius 1 is 1.17 bits per heavy atom. The first kappa shape index (κ1) is 29.6. The van der Waals surface area contributed by atoms with Crippen molar-refractivity contribution in [3.05, 3.63) is 63.7 Å². The lowest BCUT2D eigenvalue weighted by Crippen LogP contribution is -2.52. The summed E-state index contributed by atoms with van der Waals surface area (Å²) in [6, 6.07) is -0.857. The Kier molecular flexibility index (Phi) is 7.13. The number of alkyl halides is 4. The third-order valence-electron chi connectivity index (χ3n) is 6.91. The number of nitrogens with zero attached hydrogens (tertiary/aromatic N) is 3. The van der Waals surface area contributed by atoms with Crippen LogP contribution in [0.1, 0.15) is 30.1 Å². The number of aliphatic carboxylic acids is 1. The lowest BCUT2D eigenvalue weighted by molar-refractivity contribution is -0.154. The van der Waals surface area contributed by atoms with Gasteiger partial charge in [0, 0.05) is 18.3 Å². The number of cyclic esters (lactones) is 1. The van der Waals surface area contributed by atoms with Crippen molar-refractivity contribution >= 4 is 57.4 Å². The number of ether oxygens (including phenoxy) is 1. The van der Waals surface area contributed by atoms with E-state index in [-0.39, 0.29) is 30.8 Å². The summed E-state index contributed by atoms with van der Waals surface area (Å²) in [5.41, 5.74) is -3.73. The van der Waals surface area contributed by atoms with Crippen LogP contribution in [0.4, 0.5) is 37.0 Å². The van der Waals surface area contributed by atoms with Crippen LogP contribution in [-0.4, -0.2) is 60.4 Å². The van der Waals surface area contributed by atoms with Crippen molar-refractivity contribution in [3.63, 3.8) is 0 Å². The smallest absolute Gasteiger partial charge is 0.416 e. The van der Waals surface area contributed by atoms with Crippen molar-refractivity contribution in [1.82, 2.24) is 14.9 Å². The first-order chi connectivity index (χ1) is 19.5. The van der Waals surface area contributed by atoms with E-state index in [0.717, 1.165) is 17.0 Å². The molecule has 1 saturated carbocycles. The summed E-state index contributed by atoms with van der Waals surface area (Å²) in [6.45, 7) is 1.31. The number of aromatic nitrogens is 2. The van der Waals surface area contributed by atoms with Crippen molar-refractivity contribution in [2.24, 2.45) is 0 Å². The van der Waals surface area contributed by atoms with Crippen LogP contribution in [-0.2, 0) is 9.53 Å². The largest absolute Gasteiger partial charge is 0.478 e. The molecule has 2 amide bonds. The third kappa shape index (κ3) is 5.02. The highest BCUT2D eigenvalue weighted by molar-refractivity contribution is 14.1. The molecule has 3 aromatic rings. The Hall–Kier alpha value is -3.90. The molecule has 3 atom stereocenters. The summed E-state index contributed by atoms with van der Waals surface area (Å²) >= 11 is 1.57. The molecule has 0 bridgehead atoms. The maximum absolute atomic E-state index is 14.9. The van der Waals surface area contributed by atoms with Gasteiger partial charge < -0.3 is 15.2 Å². The predicted molar refractivity (Wildman–Crippen MR) is 140 cm³/mol. The van der Waals surface area contributed by atoms with Gasteiger partial charge in [-0.05, 0) is 31.9 Å². The van der Waals surface area contributed by atoms with E-state index in [1.807, 2.05) is 0 Å². The molecule has 5 rings (SSSR count). The molecular formula is C25H17F6IN4O6. The summed E-state index contributed by atoms with van der Waals surface area (Å²) in [6.07, 6.45) is -6.80. The van der Waals surface area contributed by atoms with Crippen LogP contribution in [0.3, 0.4) is 0 Å². The Morgan fingerprint density at radius 3 is 2.31 bits per heavy atom. The fourth-order valence-corrected chi connectivity index (χ4v) is 5.45. The molecule has 0 spiro atoms. The zero-order valence-corrected chi connectivity index (χ0v) is 23.2. The number of carboxylic acids is 1. The molecule has 2 aromatic heterocycles. The minimum absolute atomic E-state index is 0.138.